The molecule has 1 heterocycles. The molecule has 1 aliphatic rings. The summed E-state index contributed by atoms with van der Waals surface area (Å²) in [6.45, 7) is 6.17. The highest BCUT2D eigenvalue weighted by molar-refractivity contribution is 5.74. The minimum Gasteiger partial charge on any atom is -0.379 e. The van der Waals surface area contributed by atoms with Gasteiger partial charge < -0.3 is 15.4 Å². The summed E-state index contributed by atoms with van der Waals surface area (Å²) in [5.74, 6) is -1.18. The molecule has 1 aromatic rings. The van der Waals surface area contributed by atoms with E-state index in [0.29, 0.717) is 6.54 Å². The molecule has 2 amide bonds. The first-order chi connectivity index (χ1) is 11.1. The molecule has 23 heavy (non-hydrogen) atoms. The van der Waals surface area contributed by atoms with Gasteiger partial charge in [-0.15, -0.1) is 0 Å². The summed E-state index contributed by atoms with van der Waals surface area (Å²) in [6.07, 6.45) is 0.107. The van der Waals surface area contributed by atoms with Crippen molar-refractivity contribution < 1.29 is 18.3 Å². The number of carbonyl (C=O) groups is 1. The van der Waals surface area contributed by atoms with Crippen molar-refractivity contribution in [1.82, 2.24) is 15.5 Å². The van der Waals surface area contributed by atoms with Crippen molar-refractivity contribution in [3.63, 3.8) is 0 Å². The van der Waals surface area contributed by atoms with Crippen LogP contribution in [-0.2, 0) is 11.2 Å². The molecule has 2 N–H and O–H groups in total. The number of hydrogen-bond donors (Lipinski definition) is 2. The predicted molar refractivity (Wildman–Crippen MR) is 83.3 cm³/mol. The summed E-state index contributed by atoms with van der Waals surface area (Å²) in [7, 11) is 0. The lowest BCUT2D eigenvalue weighted by Gasteiger charge is -2.26. The second-order valence-electron chi connectivity index (χ2n) is 5.66. The second-order valence-corrected chi connectivity index (χ2v) is 5.66. The molecule has 0 aromatic heterocycles. The number of morpholine rings is 1. The van der Waals surface area contributed by atoms with Gasteiger partial charge in [0.25, 0.3) is 0 Å². The lowest BCUT2D eigenvalue weighted by atomic mass is 10.1. The summed E-state index contributed by atoms with van der Waals surface area (Å²) in [5, 5.41) is 5.45. The van der Waals surface area contributed by atoms with Crippen molar-refractivity contribution in [3.05, 3.63) is 35.4 Å². The van der Waals surface area contributed by atoms with Gasteiger partial charge in [-0.3, -0.25) is 4.90 Å². The van der Waals surface area contributed by atoms with E-state index in [0.717, 1.165) is 32.8 Å². The van der Waals surface area contributed by atoms with Crippen LogP contribution in [0.25, 0.3) is 0 Å². The van der Waals surface area contributed by atoms with Gasteiger partial charge in [0, 0.05) is 37.8 Å². The molecule has 7 heteroatoms. The average Bonchev–Trinajstić information content (AvgIpc) is 2.52. The van der Waals surface area contributed by atoms with Crippen LogP contribution in [0.5, 0.6) is 0 Å². The van der Waals surface area contributed by atoms with Crippen LogP contribution in [0, 0.1) is 11.6 Å². The summed E-state index contributed by atoms with van der Waals surface area (Å²) in [6, 6.07) is 3.05. The molecular formula is C16H23F2N3O2. The fourth-order valence-electron chi connectivity index (χ4n) is 2.51. The second kappa shape index (κ2) is 8.79. The van der Waals surface area contributed by atoms with Crippen molar-refractivity contribution in [2.24, 2.45) is 0 Å². The van der Waals surface area contributed by atoms with Crippen molar-refractivity contribution in [2.45, 2.75) is 19.4 Å². The molecule has 0 radical (unpaired) electrons. The first-order valence-corrected chi connectivity index (χ1v) is 7.83. The number of benzene rings is 1. The van der Waals surface area contributed by atoms with Gasteiger partial charge in [0.15, 0.2) is 0 Å². The fraction of sp³-hybridized carbons (Fsp3) is 0.562. The van der Waals surface area contributed by atoms with Crippen LogP contribution >= 0.6 is 0 Å². The number of ether oxygens (including phenoxy) is 1. The van der Waals surface area contributed by atoms with E-state index in [-0.39, 0.29) is 24.1 Å². The van der Waals surface area contributed by atoms with E-state index in [1.807, 2.05) is 0 Å². The average molecular weight is 327 g/mol. The summed E-state index contributed by atoms with van der Waals surface area (Å²) in [4.78, 5) is 14.0. The van der Waals surface area contributed by atoms with E-state index in [9.17, 15) is 13.6 Å². The van der Waals surface area contributed by atoms with Gasteiger partial charge in [-0.2, -0.15) is 0 Å². The zero-order valence-corrected chi connectivity index (χ0v) is 13.3. The maximum atomic E-state index is 13.6. The SMILES string of the molecule is CC(Cc1c(F)cccc1F)NC(=O)NCCN1CCOCC1. The number of urea groups is 1. The van der Waals surface area contributed by atoms with Crippen LogP contribution in [0.2, 0.25) is 0 Å². The third-order valence-electron chi connectivity index (χ3n) is 3.77. The fourth-order valence-corrected chi connectivity index (χ4v) is 2.51. The molecular weight excluding hydrogens is 304 g/mol. The Hall–Kier alpha value is -1.73. The molecule has 1 saturated heterocycles. The van der Waals surface area contributed by atoms with Crippen LogP contribution in [0.1, 0.15) is 12.5 Å². The number of hydrogen-bond acceptors (Lipinski definition) is 3. The van der Waals surface area contributed by atoms with E-state index in [4.69, 9.17) is 4.74 Å². The van der Waals surface area contributed by atoms with Gasteiger partial charge in [0.1, 0.15) is 11.6 Å². The number of rotatable bonds is 6. The first kappa shape index (κ1) is 17.6. The van der Waals surface area contributed by atoms with Gasteiger partial charge in [-0.05, 0) is 25.5 Å². The Bertz CT molecular complexity index is 502. The summed E-state index contributed by atoms with van der Waals surface area (Å²) >= 11 is 0. The van der Waals surface area contributed by atoms with E-state index < -0.39 is 11.6 Å². The molecule has 0 saturated carbocycles. The van der Waals surface area contributed by atoms with Crippen LogP contribution in [0.3, 0.4) is 0 Å². The number of nitrogens with one attached hydrogen (secondary N) is 2. The van der Waals surface area contributed by atoms with Gasteiger partial charge >= 0.3 is 6.03 Å². The summed E-state index contributed by atoms with van der Waals surface area (Å²) < 4.78 is 32.4. The van der Waals surface area contributed by atoms with Crippen molar-refractivity contribution in [1.29, 1.82) is 0 Å². The maximum absolute atomic E-state index is 13.6. The highest BCUT2D eigenvalue weighted by Gasteiger charge is 2.15. The minimum atomic E-state index is -0.591. The van der Waals surface area contributed by atoms with Gasteiger partial charge in [-0.1, -0.05) is 6.07 Å². The zero-order chi connectivity index (χ0) is 16.7. The van der Waals surface area contributed by atoms with Crippen LogP contribution in [0.4, 0.5) is 13.6 Å². The van der Waals surface area contributed by atoms with Gasteiger partial charge in [-0.25, -0.2) is 13.6 Å². The molecule has 5 nitrogen and oxygen atoms in total. The molecule has 0 aliphatic carbocycles. The molecule has 2 rings (SSSR count). The highest BCUT2D eigenvalue weighted by atomic mass is 19.1. The normalized spacial score (nSPS) is 16.8. The topological polar surface area (TPSA) is 53.6 Å². The van der Waals surface area contributed by atoms with Crippen LogP contribution in [-0.4, -0.2) is 56.4 Å². The monoisotopic (exact) mass is 327 g/mol. The zero-order valence-electron chi connectivity index (χ0n) is 13.3. The lowest BCUT2D eigenvalue weighted by molar-refractivity contribution is 0.0387. The number of carbonyl (C=O) groups excluding carboxylic acids is 1. The van der Waals surface area contributed by atoms with Crippen LogP contribution in [0.15, 0.2) is 18.2 Å². The Labute approximate surface area is 135 Å². The number of nitrogens with zero attached hydrogens (tertiary/aromatic N) is 1. The first-order valence-electron chi connectivity index (χ1n) is 7.83. The molecule has 1 aliphatic heterocycles. The standard InChI is InChI=1S/C16H23F2N3O2/c1-12(11-13-14(17)3-2-4-15(13)18)20-16(22)19-5-6-21-7-9-23-10-8-21/h2-4,12H,5-11H2,1H3,(H2,19,20,22). The van der Waals surface area contributed by atoms with Crippen molar-refractivity contribution in [3.8, 4) is 0 Å². The quantitative estimate of drug-likeness (QED) is 0.833. The van der Waals surface area contributed by atoms with E-state index >= 15 is 0 Å². The molecule has 1 aromatic carbocycles. The van der Waals surface area contributed by atoms with E-state index in [2.05, 4.69) is 15.5 Å². The molecule has 1 fully saturated rings. The largest absolute Gasteiger partial charge is 0.379 e. The minimum absolute atomic E-state index is 0.00591. The van der Waals surface area contributed by atoms with Gasteiger partial charge in [0.2, 0.25) is 0 Å². The maximum Gasteiger partial charge on any atom is 0.315 e. The third kappa shape index (κ3) is 5.76. The Balaban J connectivity index is 1.70. The molecule has 0 bridgehead atoms. The van der Waals surface area contributed by atoms with E-state index in [1.165, 1.54) is 18.2 Å². The Morgan fingerprint density at radius 1 is 1.30 bits per heavy atom. The van der Waals surface area contributed by atoms with E-state index in [1.54, 1.807) is 6.92 Å². The lowest BCUT2D eigenvalue weighted by Crippen LogP contribution is -2.46. The molecule has 0 spiro atoms. The van der Waals surface area contributed by atoms with Crippen molar-refractivity contribution in [2.75, 3.05) is 39.4 Å². The highest BCUT2D eigenvalue weighted by Crippen LogP contribution is 2.14. The van der Waals surface area contributed by atoms with Gasteiger partial charge in [0.05, 0.1) is 13.2 Å². The van der Waals surface area contributed by atoms with Crippen LogP contribution < -0.4 is 10.6 Å². The molecule has 1 unspecified atom stereocenters. The molecule has 1 atom stereocenters. The summed E-state index contributed by atoms with van der Waals surface area (Å²) in [5.41, 5.74) is -0.00591. The van der Waals surface area contributed by atoms with Crippen molar-refractivity contribution >= 4 is 6.03 Å². The number of halogens is 2. The third-order valence-corrected chi connectivity index (χ3v) is 3.77. The Morgan fingerprint density at radius 2 is 1.96 bits per heavy atom. The Morgan fingerprint density at radius 3 is 2.61 bits per heavy atom. The Kier molecular flexibility index (Phi) is 6.73. The predicted octanol–water partition coefficient (Wildman–Crippen LogP) is 1.53. The number of amides is 2. The molecule has 128 valence electrons. The smallest absolute Gasteiger partial charge is 0.315 e.